The Labute approximate surface area is 50.3 Å². The fraction of sp³-hybridized carbons (Fsp3) is 0.250. The molecular weight excluding hydrogens is 189 g/mol. The first-order valence-electron chi connectivity index (χ1n) is 1.71. The molecule has 0 N–H and O–H groups in total. The van der Waals surface area contributed by atoms with E-state index in [0.29, 0.717) is 0 Å². The minimum Gasteiger partial charge on any atom is -0.250 e. The summed E-state index contributed by atoms with van der Waals surface area (Å²) in [5, 5.41) is 0. The van der Waals surface area contributed by atoms with E-state index < -0.39 is 0 Å². The van der Waals surface area contributed by atoms with Crippen molar-refractivity contribution in [2.75, 3.05) is 0 Å². The molecule has 0 saturated heterocycles. The van der Waals surface area contributed by atoms with Gasteiger partial charge in [-0.1, -0.05) is 0 Å². The first-order chi connectivity index (χ1) is 2.80. The van der Waals surface area contributed by atoms with Crippen LogP contribution in [-0.2, 0) is 0 Å². The highest BCUT2D eigenvalue weighted by Gasteiger charge is 1.99. The number of halogens is 1. The van der Waals surface area contributed by atoms with Gasteiger partial charge in [0.15, 0.2) is 0 Å². The van der Waals surface area contributed by atoms with Crippen LogP contribution in [0.25, 0.3) is 0 Å². The molecule has 0 unspecified atom stereocenters. The fourth-order valence-corrected chi connectivity index (χ4v) is 0.521. The summed E-state index contributed by atoms with van der Waals surface area (Å²) in [7, 11) is 0. The molecule has 2 heteroatoms. The van der Waals surface area contributed by atoms with Crippen molar-refractivity contribution in [1.82, 2.24) is 0 Å². The van der Waals surface area contributed by atoms with Gasteiger partial charge in [-0.15, -0.1) is 0 Å². The van der Waals surface area contributed by atoms with Gasteiger partial charge in [-0.05, 0) is 35.1 Å². The highest BCUT2D eigenvalue weighted by Crippen LogP contribution is 2.18. The van der Waals surface area contributed by atoms with Crippen LogP contribution in [0.5, 0.6) is 0 Å². The largest absolute Gasteiger partial charge is 0.250 e. The van der Waals surface area contributed by atoms with Gasteiger partial charge in [-0.3, -0.25) is 0 Å². The average Bonchev–Trinajstić information content (AvgIpc) is 1.61. The molecular formula is C4H4IN. The molecule has 0 atom stereocenters. The SMILES string of the molecule is CC1=C(I)N=C1. The highest BCUT2D eigenvalue weighted by molar-refractivity contribution is 14.1. The Morgan fingerprint density at radius 2 is 2.33 bits per heavy atom. The maximum atomic E-state index is 3.89. The molecule has 6 heavy (non-hydrogen) atoms. The molecule has 1 heterocycles. The second kappa shape index (κ2) is 1.33. The topological polar surface area (TPSA) is 12.4 Å². The number of hydrogen-bond donors (Lipinski definition) is 0. The zero-order chi connectivity index (χ0) is 4.57. The second-order valence-corrected chi connectivity index (χ2v) is 2.25. The van der Waals surface area contributed by atoms with Gasteiger partial charge in [0.1, 0.15) is 3.70 Å². The van der Waals surface area contributed by atoms with E-state index in [1.54, 1.807) is 0 Å². The highest BCUT2D eigenvalue weighted by atomic mass is 127. The summed E-state index contributed by atoms with van der Waals surface area (Å²) in [5.41, 5.74) is 1.30. The number of hydrogen-bond acceptors (Lipinski definition) is 1. The predicted octanol–water partition coefficient (Wildman–Crippen LogP) is 1.74. The van der Waals surface area contributed by atoms with Crippen molar-refractivity contribution in [2.45, 2.75) is 6.92 Å². The van der Waals surface area contributed by atoms with Crippen molar-refractivity contribution in [3.05, 3.63) is 9.28 Å². The summed E-state index contributed by atoms with van der Waals surface area (Å²) in [6, 6.07) is 0. The van der Waals surface area contributed by atoms with Crippen LogP contribution in [0, 0.1) is 0 Å². The number of allylic oxidation sites excluding steroid dienone is 1. The lowest BCUT2D eigenvalue weighted by molar-refractivity contribution is 1.39. The molecule has 0 radical (unpaired) electrons. The molecule has 0 aromatic carbocycles. The van der Waals surface area contributed by atoms with Crippen LogP contribution < -0.4 is 0 Å². The first kappa shape index (κ1) is 4.30. The fourth-order valence-electron chi connectivity index (χ4n) is 0.242. The van der Waals surface area contributed by atoms with Crippen LogP contribution in [0.1, 0.15) is 6.92 Å². The summed E-state index contributed by atoms with van der Waals surface area (Å²) < 4.78 is 1.15. The minimum absolute atomic E-state index is 1.15. The molecule has 0 spiro atoms. The monoisotopic (exact) mass is 193 g/mol. The normalized spacial score (nSPS) is 18.3. The Bertz CT molecular complexity index is 110. The summed E-state index contributed by atoms with van der Waals surface area (Å²) >= 11 is 2.20. The Balaban J connectivity index is 2.71. The van der Waals surface area contributed by atoms with Crippen molar-refractivity contribution < 1.29 is 0 Å². The van der Waals surface area contributed by atoms with Gasteiger partial charge in [0, 0.05) is 6.21 Å². The van der Waals surface area contributed by atoms with Crippen LogP contribution >= 0.6 is 22.6 Å². The van der Waals surface area contributed by atoms with E-state index in [1.807, 2.05) is 6.21 Å². The van der Waals surface area contributed by atoms with E-state index in [1.165, 1.54) is 5.57 Å². The number of nitrogens with zero attached hydrogens (tertiary/aromatic N) is 1. The lowest BCUT2D eigenvalue weighted by atomic mass is 10.3. The van der Waals surface area contributed by atoms with E-state index in [-0.39, 0.29) is 0 Å². The van der Waals surface area contributed by atoms with Crippen molar-refractivity contribution in [3.63, 3.8) is 0 Å². The average molecular weight is 193 g/mol. The second-order valence-electron chi connectivity index (χ2n) is 1.23. The third-order valence-electron chi connectivity index (χ3n) is 0.697. The first-order valence-corrected chi connectivity index (χ1v) is 2.79. The molecule has 0 aromatic rings. The molecule has 1 nitrogen and oxygen atoms in total. The van der Waals surface area contributed by atoms with Gasteiger partial charge in [-0.2, -0.15) is 0 Å². The molecule has 32 valence electrons. The third-order valence-corrected chi connectivity index (χ3v) is 1.83. The maximum absolute atomic E-state index is 3.89. The number of rotatable bonds is 0. The minimum atomic E-state index is 1.15. The Morgan fingerprint density at radius 3 is 2.33 bits per heavy atom. The van der Waals surface area contributed by atoms with Gasteiger partial charge in [0.05, 0.1) is 0 Å². The van der Waals surface area contributed by atoms with Crippen LogP contribution in [0.15, 0.2) is 14.3 Å². The van der Waals surface area contributed by atoms with Gasteiger partial charge >= 0.3 is 0 Å². The Hall–Kier alpha value is 0.140. The van der Waals surface area contributed by atoms with Crippen LogP contribution in [0.4, 0.5) is 0 Å². The van der Waals surface area contributed by atoms with E-state index in [2.05, 4.69) is 34.5 Å². The van der Waals surface area contributed by atoms with Crippen molar-refractivity contribution >= 4 is 28.8 Å². The standard InChI is InChI=1S/C4H4IN/c1-3-2-6-4(3)5/h2H,1H3. The van der Waals surface area contributed by atoms with Crippen molar-refractivity contribution in [1.29, 1.82) is 0 Å². The van der Waals surface area contributed by atoms with Crippen molar-refractivity contribution in [2.24, 2.45) is 4.99 Å². The summed E-state index contributed by atoms with van der Waals surface area (Å²) in [6.07, 6.45) is 1.86. The molecule has 0 aromatic heterocycles. The molecule has 0 fully saturated rings. The van der Waals surface area contributed by atoms with E-state index in [9.17, 15) is 0 Å². The van der Waals surface area contributed by atoms with E-state index >= 15 is 0 Å². The van der Waals surface area contributed by atoms with Crippen LogP contribution in [0.3, 0.4) is 0 Å². The maximum Gasteiger partial charge on any atom is 0.105 e. The summed E-state index contributed by atoms with van der Waals surface area (Å²) in [5.74, 6) is 0. The Morgan fingerprint density at radius 1 is 1.83 bits per heavy atom. The molecule has 0 aliphatic carbocycles. The summed E-state index contributed by atoms with van der Waals surface area (Å²) in [6.45, 7) is 2.05. The van der Waals surface area contributed by atoms with E-state index in [0.717, 1.165) is 3.70 Å². The van der Waals surface area contributed by atoms with Gasteiger partial charge in [0.25, 0.3) is 0 Å². The zero-order valence-corrected chi connectivity index (χ0v) is 5.56. The molecule has 0 saturated carbocycles. The van der Waals surface area contributed by atoms with Gasteiger partial charge in [-0.25, -0.2) is 4.99 Å². The zero-order valence-electron chi connectivity index (χ0n) is 3.40. The van der Waals surface area contributed by atoms with Crippen molar-refractivity contribution in [3.8, 4) is 0 Å². The van der Waals surface area contributed by atoms with Gasteiger partial charge in [0.2, 0.25) is 0 Å². The molecule has 0 amide bonds. The molecule has 1 aliphatic rings. The predicted molar refractivity (Wildman–Crippen MR) is 35.2 cm³/mol. The molecule has 0 bridgehead atoms. The molecule has 1 rings (SSSR count). The number of aliphatic imine (C=N–C) groups is 1. The van der Waals surface area contributed by atoms with Crippen LogP contribution in [-0.4, -0.2) is 6.21 Å². The quantitative estimate of drug-likeness (QED) is 0.410. The van der Waals surface area contributed by atoms with Crippen LogP contribution in [0.2, 0.25) is 0 Å². The third kappa shape index (κ3) is 0.489. The van der Waals surface area contributed by atoms with E-state index in [4.69, 9.17) is 0 Å². The summed E-state index contributed by atoms with van der Waals surface area (Å²) in [4.78, 5) is 3.89. The smallest absolute Gasteiger partial charge is 0.105 e. The molecule has 1 aliphatic heterocycles. The van der Waals surface area contributed by atoms with Gasteiger partial charge < -0.3 is 0 Å². The lowest BCUT2D eigenvalue weighted by Gasteiger charge is -2.00. The Kier molecular flexibility index (Phi) is 0.954. The lowest BCUT2D eigenvalue weighted by Crippen LogP contribution is -1.89.